The van der Waals surface area contributed by atoms with Crippen molar-refractivity contribution >= 4 is 5.91 Å². The molecule has 0 fully saturated rings. The lowest BCUT2D eigenvalue weighted by molar-refractivity contribution is -0.123. The summed E-state index contributed by atoms with van der Waals surface area (Å²) in [5.74, 6) is -0.0350. The summed E-state index contributed by atoms with van der Waals surface area (Å²) < 4.78 is 0. The molecule has 0 aliphatic carbocycles. The predicted molar refractivity (Wildman–Crippen MR) is 253 cm³/mol. The fourth-order valence-electron chi connectivity index (χ4n) is 7.51. The van der Waals surface area contributed by atoms with Gasteiger partial charge in [-0.2, -0.15) is 0 Å². The van der Waals surface area contributed by atoms with Crippen molar-refractivity contribution in [3.8, 4) is 0 Å². The molecule has 0 heterocycles. The summed E-state index contributed by atoms with van der Waals surface area (Å²) in [6, 6.07) is -0.540. The number of carbonyl (C=O) groups excluding carboxylic acids is 1. The van der Waals surface area contributed by atoms with E-state index >= 15 is 0 Å². The molecule has 0 aliphatic rings. The Morgan fingerprint density at radius 3 is 1.16 bits per heavy atom. The number of hydrogen-bond donors (Lipinski definition) is 3. The van der Waals surface area contributed by atoms with Gasteiger partial charge in [-0.15, -0.1) is 0 Å². The number of allylic oxidation sites excluding steroid dienone is 10. The van der Waals surface area contributed by atoms with Crippen molar-refractivity contribution in [2.24, 2.45) is 0 Å². The van der Waals surface area contributed by atoms with E-state index in [9.17, 15) is 15.0 Å². The molecule has 1 amide bonds. The van der Waals surface area contributed by atoms with Crippen LogP contribution in [0.15, 0.2) is 60.8 Å². The van der Waals surface area contributed by atoms with Crippen molar-refractivity contribution < 1.29 is 15.0 Å². The molecular formula is C53H97NO3. The van der Waals surface area contributed by atoms with Crippen molar-refractivity contribution in [1.29, 1.82) is 0 Å². The van der Waals surface area contributed by atoms with E-state index in [1.807, 2.05) is 0 Å². The summed E-state index contributed by atoms with van der Waals surface area (Å²) in [6.07, 6.45) is 67.4. The highest BCUT2D eigenvalue weighted by Crippen LogP contribution is 2.16. The topological polar surface area (TPSA) is 69.6 Å². The summed E-state index contributed by atoms with van der Waals surface area (Å²) in [4.78, 5) is 12.5. The third-order valence-electron chi connectivity index (χ3n) is 11.3. The Hall–Kier alpha value is -1.91. The van der Waals surface area contributed by atoms with E-state index in [1.54, 1.807) is 0 Å². The first-order chi connectivity index (χ1) is 28.2. The van der Waals surface area contributed by atoms with E-state index in [-0.39, 0.29) is 12.5 Å². The zero-order valence-electron chi connectivity index (χ0n) is 38.1. The minimum absolute atomic E-state index is 0.0350. The van der Waals surface area contributed by atoms with Gasteiger partial charge in [0, 0.05) is 6.42 Å². The van der Waals surface area contributed by atoms with Crippen LogP contribution in [0.2, 0.25) is 0 Å². The molecule has 0 spiro atoms. The number of amides is 1. The molecule has 4 heteroatoms. The fraction of sp³-hybridized carbons (Fsp3) is 0.792. The van der Waals surface area contributed by atoms with Crippen molar-refractivity contribution in [3.05, 3.63) is 60.8 Å². The minimum atomic E-state index is -0.663. The summed E-state index contributed by atoms with van der Waals surface area (Å²) >= 11 is 0. The smallest absolute Gasteiger partial charge is 0.220 e. The molecule has 0 rings (SSSR count). The van der Waals surface area contributed by atoms with Crippen LogP contribution < -0.4 is 5.32 Å². The van der Waals surface area contributed by atoms with Gasteiger partial charge in [-0.05, 0) is 57.8 Å². The Labute approximate surface area is 356 Å². The number of nitrogens with one attached hydrogen (secondary N) is 1. The van der Waals surface area contributed by atoms with Gasteiger partial charge in [0.15, 0.2) is 0 Å². The highest BCUT2D eigenvalue weighted by atomic mass is 16.3. The van der Waals surface area contributed by atoms with Crippen LogP contribution in [0.1, 0.15) is 251 Å². The molecule has 2 unspecified atom stereocenters. The number of carbonyl (C=O) groups is 1. The van der Waals surface area contributed by atoms with Gasteiger partial charge in [-0.25, -0.2) is 0 Å². The number of unbranched alkanes of at least 4 members (excludes halogenated alkanes) is 28. The first kappa shape index (κ1) is 55.1. The largest absolute Gasteiger partial charge is 0.394 e. The van der Waals surface area contributed by atoms with E-state index in [4.69, 9.17) is 0 Å². The molecule has 2 atom stereocenters. The number of hydrogen-bond acceptors (Lipinski definition) is 3. The summed E-state index contributed by atoms with van der Waals surface area (Å²) in [7, 11) is 0. The quantitative estimate of drug-likeness (QED) is 0.0425. The second kappa shape index (κ2) is 48.5. The van der Waals surface area contributed by atoms with Crippen molar-refractivity contribution in [2.45, 2.75) is 264 Å². The van der Waals surface area contributed by atoms with Crippen molar-refractivity contribution in [3.63, 3.8) is 0 Å². The molecule has 0 radical (unpaired) electrons. The van der Waals surface area contributed by atoms with Gasteiger partial charge in [-0.1, -0.05) is 248 Å². The number of aliphatic hydroxyl groups excluding tert-OH is 2. The number of rotatable bonds is 45. The summed E-state index contributed by atoms with van der Waals surface area (Å²) in [6.45, 7) is 4.26. The first-order valence-electron chi connectivity index (χ1n) is 25.0. The Balaban J connectivity index is 3.52. The predicted octanol–water partition coefficient (Wildman–Crippen LogP) is 16.1. The maximum Gasteiger partial charge on any atom is 0.220 e. The van der Waals surface area contributed by atoms with Gasteiger partial charge in [0.1, 0.15) is 0 Å². The van der Waals surface area contributed by atoms with Gasteiger partial charge in [0.05, 0.1) is 18.8 Å². The highest BCUT2D eigenvalue weighted by molar-refractivity contribution is 5.76. The molecule has 0 bridgehead atoms. The molecule has 57 heavy (non-hydrogen) atoms. The van der Waals surface area contributed by atoms with Crippen LogP contribution in [0.25, 0.3) is 0 Å². The molecule has 0 aromatic heterocycles. The Bertz CT molecular complexity index is 950. The maximum atomic E-state index is 12.5. The fourth-order valence-corrected chi connectivity index (χ4v) is 7.51. The van der Waals surface area contributed by atoms with E-state index in [2.05, 4.69) is 79.9 Å². The van der Waals surface area contributed by atoms with Gasteiger partial charge in [0.25, 0.3) is 0 Å². The lowest BCUT2D eigenvalue weighted by atomic mass is 10.0. The molecule has 0 aromatic rings. The van der Waals surface area contributed by atoms with Crippen LogP contribution in [0, 0.1) is 0 Å². The lowest BCUT2D eigenvalue weighted by Gasteiger charge is -2.22. The van der Waals surface area contributed by atoms with Crippen molar-refractivity contribution in [2.75, 3.05) is 6.61 Å². The van der Waals surface area contributed by atoms with E-state index in [0.29, 0.717) is 12.8 Å². The monoisotopic (exact) mass is 796 g/mol. The van der Waals surface area contributed by atoms with E-state index in [0.717, 1.165) is 57.8 Å². The van der Waals surface area contributed by atoms with Crippen LogP contribution in [0.5, 0.6) is 0 Å². The molecule has 4 nitrogen and oxygen atoms in total. The summed E-state index contributed by atoms with van der Waals surface area (Å²) in [5, 5.41) is 23.3. The molecule has 3 N–H and O–H groups in total. The average molecular weight is 796 g/mol. The molecule has 0 saturated carbocycles. The molecule has 0 aliphatic heterocycles. The van der Waals surface area contributed by atoms with Crippen LogP contribution in [0.4, 0.5) is 0 Å². The zero-order valence-corrected chi connectivity index (χ0v) is 38.1. The van der Waals surface area contributed by atoms with E-state index < -0.39 is 12.1 Å². The van der Waals surface area contributed by atoms with Gasteiger partial charge in [0.2, 0.25) is 5.91 Å². The Kier molecular flexibility index (Phi) is 46.8. The van der Waals surface area contributed by atoms with Gasteiger partial charge < -0.3 is 15.5 Å². The normalized spacial score (nSPS) is 13.4. The van der Waals surface area contributed by atoms with E-state index in [1.165, 1.54) is 167 Å². The Morgan fingerprint density at radius 2 is 0.772 bits per heavy atom. The van der Waals surface area contributed by atoms with Crippen molar-refractivity contribution in [1.82, 2.24) is 5.32 Å². The van der Waals surface area contributed by atoms with Crippen LogP contribution in [0.3, 0.4) is 0 Å². The first-order valence-corrected chi connectivity index (χ1v) is 25.0. The molecule has 0 saturated heterocycles. The average Bonchev–Trinajstić information content (AvgIpc) is 3.22. The SMILES string of the molecule is CC/C=C\C/C=C\C/C=C\C/C=C\C/C=C\CCCCCCCCCCCCCC(=O)NC(CO)C(O)CCCCCCCCCCCCCCCCCCCC. The molecule has 332 valence electrons. The second-order valence-corrected chi connectivity index (χ2v) is 16.9. The third-order valence-corrected chi connectivity index (χ3v) is 11.3. The molecular weight excluding hydrogens is 699 g/mol. The zero-order chi connectivity index (χ0) is 41.4. The lowest BCUT2D eigenvalue weighted by Crippen LogP contribution is -2.45. The van der Waals surface area contributed by atoms with Gasteiger partial charge >= 0.3 is 0 Å². The second-order valence-electron chi connectivity index (χ2n) is 16.9. The molecule has 0 aromatic carbocycles. The Morgan fingerprint density at radius 1 is 0.439 bits per heavy atom. The summed E-state index contributed by atoms with van der Waals surface area (Å²) in [5.41, 5.74) is 0. The van der Waals surface area contributed by atoms with Crippen LogP contribution >= 0.6 is 0 Å². The minimum Gasteiger partial charge on any atom is -0.394 e. The highest BCUT2D eigenvalue weighted by Gasteiger charge is 2.20. The van der Waals surface area contributed by atoms with Gasteiger partial charge in [-0.3, -0.25) is 4.79 Å². The number of aliphatic hydroxyl groups is 2. The standard InChI is InChI=1S/C53H97NO3/c1-3-5-7-9-11-13-15-17-19-21-23-24-25-26-27-28-29-30-31-33-35-37-39-41-43-45-47-49-53(57)54-51(50-55)52(56)48-46-44-42-40-38-36-34-32-22-20-18-16-14-12-10-8-6-4-2/h5,7,11,13,17,19,23-24,26-27,51-52,55-56H,3-4,6,8-10,12,14-16,18,20-22,25,28-50H2,1-2H3,(H,54,57)/b7-5-,13-11-,19-17-,24-23-,27-26-. The third kappa shape index (κ3) is 45.0. The van der Waals surface area contributed by atoms with Crippen LogP contribution in [-0.4, -0.2) is 34.9 Å². The van der Waals surface area contributed by atoms with Crippen LogP contribution in [-0.2, 0) is 4.79 Å². The maximum absolute atomic E-state index is 12.5.